The van der Waals surface area contributed by atoms with Crippen LogP contribution in [0.4, 0.5) is 0 Å². The minimum Gasteiger partial charge on any atom is -0.383 e. The number of nitrogens with one attached hydrogen (secondary N) is 3. The predicted molar refractivity (Wildman–Crippen MR) is 65.6 cm³/mol. The van der Waals surface area contributed by atoms with Gasteiger partial charge in [-0.1, -0.05) is 12.1 Å². The van der Waals surface area contributed by atoms with Crippen molar-refractivity contribution >= 4 is 29.0 Å². The van der Waals surface area contributed by atoms with Crippen LogP contribution in [0, 0.1) is 4.77 Å². The monoisotopic (exact) mass is 233 g/mol. The fraction of sp³-hybridized carbons (Fsp3) is 0.0909. The maximum absolute atomic E-state index is 10.1. The summed E-state index contributed by atoms with van der Waals surface area (Å²) in [5, 5.41) is 2.74. The number of aromatic amines is 2. The second kappa shape index (κ2) is 4.76. The first kappa shape index (κ1) is 10.6. The predicted octanol–water partition coefficient (Wildman–Crippen LogP) is 1.90. The van der Waals surface area contributed by atoms with Gasteiger partial charge in [-0.05, 0) is 30.4 Å². The molecule has 4 nitrogen and oxygen atoms in total. The average molecular weight is 233 g/mol. The Morgan fingerprint density at radius 1 is 1.12 bits per heavy atom. The molecule has 0 spiro atoms. The van der Waals surface area contributed by atoms with Crippen LogP contribution < -0.4 is 5.32 Å². The van der Waals surface area contributed by atoms with Gasteiger partial charge in [0.1, 0.15) is 0 Å². The van der Waals surface area contributed by atoms with Crippen molar-refractivity contribution in [3.05, 3.63) is 41.3 Å². The molecule has 5 heteroatoms. The van der Waals surface area contributed by atoms with E-state index in [0.717, 1.165) is 11.0 Å². The summed E-state index contributed by atoms with van der Waals surface area (Å²) in [5.41, 5.74) is 2.13. The van der Waals surface area contributed by atoms with E-state index >= 15 is 0 Å². The largest absolute Gasteiger partial charge is 0.383 e. The normalized spacial score (nSPS) is 13.4. The van der Waals surface area contributed by atoms with E-state index in [2.05, 4.69) is 15.3 Å². The van der Waals surface area contributed by atoms with Crippen molar-refractivity contribution in [2.45, 2.75) is 0 Å². The number of imidazole rings is 1. The van der Waals surface area contributed by atoms with Gasteiger partial charge in [-0.15, -0.1) is 0 Å². The zero-order valence-electron chi connectivity index (χ0n) is 8.49. The lowest BCUT2D eigenvalue weighted by Crippen LogP contribution is -2.06. The highest BCUT2D eigenvalue weighted by atomic mass is 32.1. The van der Waals surface area contributed by atoms with Gasteiger partial charge in [0.05, 0.1) is 17.6 Å². The van der Waals surface area contributed by atoms with Gasteiger partial charge in [-0.3, -0.25) is 4.79 Å². The van der Waals surface area contributed by atoms with Crippen LogP contribution in [0.15, 0.2) is 36.5 Å². The summed E-state index contributed by atoms with van der Waals surface area (Å²) in [6, 6.07) is 7.92. The van der Waals surface area contributed by atoms with Crippen LogP contribution >= 0.6 is 12.2 Å². The molecule has 0 atom stereocenters. The zero-order chi connectivity index (χ0) is 11.4. The Morgan fingerprint density at radius 2 is 1.75 bits per heavy atom. The summed E-state index contributed by atoms with van der Waals surface area (Å²) in [6.07, 6.45) is 3.18. The Kier molecular flexibility index (Phi) is 3.16. The van der Waals surface area contributed by atoms with E-state index in [1.165, 1.54) is 6.08 Å². The maximum Gasteiger partial charge on any atom is 0.176 e. The van der Waals surface area contributed by atoms with Crippen LogP contribution in [-0.2, 0) is 4.79 Å². The summed E-state index contributed by atoms with van der Waals surface area (Å²) < 4.78 is 0.682. The molecule has 0 unspecified atom stereocenters. The van der Waals surface area contributed by atoms with Crippen LogP contribution in [0.1, 0.15) is 0 Å². The van der Waals surface area contributed by atoms with Crippen LogP contribution in [-0.4, -0.2) is 22.3 Å². The molecule has 0 radical (unpaired) electrons. The zero-order valence-corrected chi connectivity index (χ0v) is 9.30. The summed E-state index contributed by atoms with van der Waals surface area (Å²) in [6.45, 7) is 0.486. The molecule has 2 heterocycles. The van der Waals surface area contributed by atoms with Crippen molar-refractivity contribution in [2.75, 3.05) is 6.54 Å². The molecule has 82 valence electrons. The van der Waals surface area contributed by atoms with E-state index in [-0.39, 0.29) is 5.78 Å². The minimum atomic E-state index is 0.162. The molecule has 3 rings (SSSR count). The molecule has 0 fully saturated rings. The molecular formula is C11H11N3OS. The summed E-state index contributed by atoms with van der Waals surface area (Å²) in [7, 11) is 0. The van der Waals surface area contributed by atoms with Gasteiger partial charge in [0, 0.05) is 6.20 Å². The molecule has 0 saturated heterocycles. The Hall–Kier alpha value is -1.88. The molecule has 0 aliphatic carbocycles. The number of hydrogen-bond donors (Lipinski definition) is 3. The number of benzene rings is 1. The van der Waals surface area contributed by atoms with Gasteiger partial charge in [-0.25, -0.2) is 0 Å². The number of fused-ring (bicyclic) bond motifs is 1. The molecule has 2 aromatic rings. The molecular weight excluding hydrogens is 222 g/mol. The first-order valence-electron chi connectivity index (χ1n) is 4.85. The highest BCUT2D eigenvalue weighted by molar-refractivity contribution is 7.71. The van der Waals surface area contributed by atoms with E-state index in [0.29, 0.717) is 11.3 Å². The SMILES string of the molecule is O=C1C=CNC1.S=c1[nH]c2ccccc2[nH]1. The summed E-state index contributed by atoms with van der Waals surface area (Å²) in [4.78, 5) is 16.1. The van der Waals surface area contributed by atoms with Crippen LogP contribution in [0.2, 0.25) is 0 Å². The Balaban J connectivity index is 0.000000138. The number of carbonyl (C=O) groups excluding carboxylic acids is 1. The van der Waals surface area contributed by atoms with Gasteiger partial charge < -0.3 is 15.3 Å². The Labute approximate surface area is 97.4 Å². The van der Waals surface area contributed by atoms with Crippen molar-refractivity contribution < 1.29 is 4.79 Å². The number of carbonyl (C=O) groups is 1. The lowest BCUT2D eigenvalue weighted by molar-refractivity contribution is -0.113. The van der Waals surface area contributed by atoms with Crippen molar-refractivity contribution in [3.63, 3.8) is 0 Å². The second-order valence-electron chi connectivity index (χ2n) is 3.31. The lowest BCUT2D eigenvalue weighted by Gasteiger charge is -1.82. The molecule has 1 aliphatic rings. The van der Waals surface area contributed by atoms with Gasteiger partial charge >= 0.3 is 0 Å². The third kappa shape index (κ3) is 2.58. The summed E-state index contributed by atoms with van der Waals surface area (Å²) in [5.74, 6) is 0.162. The van der Waals surface area contributed by atoms with E-state index in [1.54, 1.807) is 6.20 Å². The molecule has 0 bridgehead atoms. The molecule has 0 amide bonds. The minimum absolute atomic E-state index is 0.162. The number of ketones is 1. The van der Waals surface area contributed by atoms with E-state index in [1.807, 2.05) is 24.3 Å². The van der Waals surface area contributed by atoms with Crippen molar-refractivity contribution in [2.24, 2.45) is 0 Å². The fourth-order valence-corrected chi connectivity index (χ4v) is 1.57. The molecule has 1 aromatic heterocycles. The third-order valence-electron chi connectivity index (χ3n) is 2.09. The number of para-hydroxylation sites is 2. The van der Waals surface area contributed by atoms with E-state index in [9.17, 15) is 4.79 Å². The van der Waals surface area contributed by atoms with Gasteiger partial charge in [0.25, 0.3) is 0 Å². The molecule has 3 N–H and O–H groups in total. The van der Waals surface area contributed by atoms with Gasteiger partial charge in [-0.2, -0.15) is 0 Å². The standard InChI is InChI=1S/C7H6N2S.C4H5NO/c10-7-8-5-3-1-2-4-6(5)9-7;6-4-1-2-5-3-4/h1-4H,(H2,8,9,10);1-2,5H,3H2. The second-order valence-corrected chi connectivity index (χ2v) is 3.71. The highest BCUT2D eigenvalue weighted by Gasteiger charge is 1.96. The quantitative estimate of drug-likeness (QED) is 0.609. The number of aromatic nitrogens is 2. The highest BCUT2D eigenvalue weighted by Crippen LogP contribution is 2.06. The van der Waals surface area contributed by atoms with Crippen molar-refractivity contribution in [1.82, 2.24) is 15.3 Å². The van der Waals surface area contributed by atoms with Crippen LogP contribution in [0.25, 0.3) is 11.0 Å². The average Bonchev–Trinajstić information content (AvgIpc) is 2.86. The van der Waals surface area contributed by atoms with Crippen molar-refractivity contribution in [1.29, 1.82) is 0 Å². The number of rotatable bonds is 0. The van der Waals surface area contributed by atoms with Crippen LogP contribution in [0.3, 0.4) is 0 Å². The third-order valence-corrected chi connectivity index (χ3v) is 2.29. The first-order valence-corrected chi connectivity index (χ1v) is 5.26. The smallest absolute Gasteiger partial charge is 0.176 e. The molecule has 16 heavy (non-hydrogen) atoms. The summed E-state index contributed by atoms with van der Waals surface area (Å²) >= 11 is 4.90. The number of hydrogen-bond acceptors (Lipinski definition) is 3. The first-order chi connectivity index (χ1) is 7.75. The Morgan fingerprint density at radius 3 is 2.12 bits per heavy atom. The molecule has 1 aromatic carbocycles. The van der Waals surface area contributed by atoms with E-state index in [4.69, 9.17) is 12.2 Å². The van der Waals surface area contributed by atoms with Crippen molar-refractivity contribution in [3.8, 4) is 0 Å². The number of H-pyrrole nitrogens is 2. The topological polar surface area (TPSA) is 60.7 Å². The molecule has 1 aliphatic heterocycles. The molecule has 0 saturated carbocycles. The van der Waals surface area contributed by atoms with Crippen LogP contribution in [0.5, 0.6) is 0 Å². The lowest BCUT2D eigenvalue weighted by atomic mass is 10.3. The Bertz CT molecular complexity index is 546. The van der Waals surface area contributed by atoms with Gasteiger partial charge in [0.15, 0.2) is 10.6 Å². The fourth-order valence-electron chi connectivity index (χ4n) is 1.35. The van der Waals surface area contributed by atoms with E-state index < -0.39 is 0 Å². The maximum atomic E-state index is 10.1. The van der Waals surface area contributed by atoms with Gasteiger partial charge in [0.2, 0.25) is 0 Å².